The minimum atomic E-state index is -0.351. The molecule has 132 valence electrons. The first kappa shape index (κ1) is 18.0. The lowest BCUT2D eigenvalue weighted by atomic mass is 10.1. The van der Waals surface area contributed by atoms with Gasteiger partial charge in [0.05, 0.1) is 21.3 Å². The number of nitrogens with one attached hydrogen (secondary N) is 2. The van der Waals surface area contributed by atoms with Crippen molar-refractivity contribution < 1.29 is 4.79 Å². The summed E-state index contributed by atoms with van der Waals surface area (Å²) in [5.41, 5.74) is 0.735. The van der Waals surface area contributed by atoms with Crippen molar-refractivity contribution in [3.63, 3.8) is 0 Å². The predicted molar refractivity (Wildman–Crippen MR) is 102 cm³/mol. The Morgan fingerprint density at radius 1 is 1.00 bits per heavy atom. The number of rotatable bonds is 4. The Bertz CT molecular complexity index is 708. The molecule has 5 nitrogen and oxygen atoms in total. The van der Waals surface area contributed by atoms with E-state index in [-0.39, 0.29) is 5.91 Å². The molecule has 0 bridgehead atoms. The fourth-order valence-electron chi connectivity index (χ4n) is 2.93. The van der Waals surface area contributed by atoms with Crippen molar-refractivity contribution >= 4 is 40.7 Å². The van der Waals surface area contributed by atoms with Crippen molar-refractivity contribution in [3.8, 4) is 0 Å². The quantitative estimate of drug-likeness (QED) is 0.720. The highest BCUT2D eigenvalue weighted by Crippen LogP contribution is 2.30. The number of carbonyl (C=O) groups is 1. The van der Waals surface area contributed by atoms with E-state index in [0.29, 0.717) is 33.3 Å². The van der Waals surface area contributed by atoms with E-state index >= 15 is 0 Å². The van der Waals surface area contributed by atoms with E-state index in [1.165, 1.54) is 38.1 Å². The Morgan fingerprint density at radius 2 is 1.60 bits per heavy atom. The van der Waals surface area contributed by atoms with Crippen molar-refractivity contribution in [3.05, 3.63) is 46.2 Å². The average Bonchev–Trinajstić information content (AvgIpc) is 2.87. The van der Waals surface area contributed by atoms with Gasteiger partial charge in [0, 0.05) is 18.4 Å². The lowest BCUT2D eigenvalue weighted by molar-refractivity contribution is 0.102. The van der Waals surface area contributed by atoms with Crippen LogP contribution in [-0.4, -0.2) is 21.9 Å². The smallest absolute Gasteiger partial charge is 0.258 e. The number of hydrogen-bond acceptors (Lipinski definition) is 4. The second kappa shape index (κ2) is 8.50. The molecule has 1 aromatic heterocycles. The zero-order valence-electron chi connectivity index (χ0n) is 13.8. The summed E-state index contributed by atoms with van der Waals surface area (Å²) in [7, 11) is 0. The number of anilines is 2. The van der Waals surface area contributed by atoms with Gasteiger partial charge < -0.3 is 10.6 Å². The number of hydrogen-bond donors (Lipinski definition) is 2. The monoisotopic (exact) mass is 378 g/mol. The summed E-state index contributed by atoms with van der Waals surface area (Å²) in [5, 5.41) is 6.83. The van der Waals surface area contributed by atoms with Gasteiger partial charge in [0.2, 0.25) is 5.95 Å². The first-order valence-corrected chi connectivity index (χ1v) is 9.23. The fraction of sp³-hybridized carbons (Fsp3) is 0.389. The van der Waals surface area contributed by atoms with E-state index in [1.54, 1.807) is 18.2 Å². The molecular formula is C18H20Cl2N4O. The maximum absolute atomic E-state index is 12.3. The molecule has 1 aliphatic carbocycles. The molecule has 1 amide bonds. The van der Waals surface area contributed by atoms with Gasteiger partial charge in [-0.1, -0.05) is 55.0 Å². The number of carbonyl (C=O) groups excluding carboxylic acids is 1. The second-order valence-electron chi connectivity index (χ2n) is 6.18. The molecule has 3 rings (SSSR count). The molecule has 0 unspecified atom stereocenters. The van der Waals surface area contributed by atoms with Crippen LogP contribution >= 0.6 is 23.2 Å². The third-order valence-corrected chi connectivity index (χ3v) is 4.93. The molecule has 0 aliphatic heterocycles. The van der Waals surface area contributed by atoms with Crippen LogP contribution < -0.4 is 10.6 Å². The lowest BCUT2D eigenvalue weighted by Gasteiger charge is -2.16. The highest BCUT2D eigenvalue weighted by molar-refractivity contribution is 6.40. The molecule has 1 aromatic carbocycles. The summed E-state index contributed by atoms with van der Waals surface area (Å²) in [4.78, 5) is 20.9. The van der Waals surface area contributed by atoms with Crippen molar-refractivity contribution in [1.29, 1.82) is 0 Å². The summed E-state index contributed by atoms with van der Waals surface area (Å²) in [6.07, 6.45) is 10.3. The fourth-order valence-corrected chi connectivity index (χ4v) is 3.42. The van der Waals surface area contributed by atoms with Gasteiger partial charge in [0.25, 0.3) is 5.91 Å². The van der Waals surface area contributed by atoms with Crippen molar-refractivity contribution in [2.24, 2.45) is 0 Å². The van der Waals surface area contributed by atoms with Crippen LogP contribution in [0.3, 0.4) is 0 Å². The maximum atomic E-state index is 12.3. The zero-order chi connectivity index (χ0) is 17.6. The second-order valence-corrected chi connectivity index (χ2v) is 6.99. The van der Waals surface area contributed by atoms with Gasteiger partial charge in [0.1, 0.15) is 0 Å². The Hall–Kier alpha value is -1.85. The van der Waals surface area contributed by atoms with E-state index in [1.807, 2.05) is 0 Å². The summed E-state index contributed by atoms with van der Waals surface area (Å²) >= 11 is 12.1. The maximum Gasteiger partial charge on any atom is 0.258 e. The molecular weight excluding hydrogens is 359 g/mol. The van der Waals surface area contributed by atoms with Crippen molar-refractivity contribution in [2.75, 3.05) is 10.6 Å². The molecule has 1 aliphatic rings. The minimum Gasteiger partial charge on any atom is -0.351 e. The molecule has 0 atom stereocenters. The Kier molecular flexibility index (Phi) is 6.10. The Balaban J connectivity index is 1.64. The summed E-state index contributed by atoms with van der Waals surface area (Å²) in [5.74, 6) is 0.204. The van der Waals surface area contributed by atoms with Gasteiger partial charge >= 0.3 is 0 Å². The molecule has 0 spiro atoms. The Morgan fingerprint density at radius 3 is 2.20 bits per heavy atom. The van der Waals surface area contributed by atoms with Crippen LogP contribution in [0.1, 0.15) is 48.9 Å². The van der Waals surface area contributed by atoms with Crippen LogP contribution in [0.15, 0.2) is 30.6 Å². The minimum absolute atomic E-state index is 0.349. The van der Waals surface area contributed by atoms with Crippen molar-refractivity contribution in [2.45, 2.75) is 44.6 Å². The van der Waals surface area contributed by atoms with Gasteiger partial charge in [0.15, 0.2) is 0 Å². The van der Waals surface area contributed by atoms with Gasteiger partial charge in [-0.2, -0.15) is 0 Å². The third kappa shape index (κ3) is 4.83. The molecule has 0 radical (unpaired) electrons. The number of nitrogens with zero attached hydrogens (tertiary/aromatic N) is 2. The van der Waals surface area contributed by atoms with Crippen LogP contribution in [0.2, 0.25) is 10.0 Å². The van der Waals surface area contributed by atoms with Gasteiger partial charge in [-0.3, -0.25) is 4.79 Å². The molecule has 1 saturated carbocycles. The highest BCUT2D eigenvalue weighted by Gasteiger charge is 2.15. The van der Waals surface area contributed by atoms with Crippen LogP contribution in [0.25, 0.3) is 0 Å². The summed E-state index contributed by atoms with van der Waals surface area (Å²) < 4.78 is 0. The zero-order valence-corrected chi connectivity index (χ0v) is 15.3. The normalized spacial score (nSPS) is 15.4. The highest BCUT2D eigenvalue weighted by atomic mass is 35.5. The molecule has 7 heteroatoms. The van der Waals surface area contributed by atoms with Gasteiger partial charge in [-0.05, 0) is 25.0 Å². The van der Waals surface area contributed by atoms with Crippen LogP contribution in [-0.2, 0) is 0 Å². The summed E-state index contributed by atoms with van der Waals surface area (Å²) in [6.45, 7) is 0. The van der Waals surface area contributed by atoms with E-state index in [0.717, 1.165) is 12.8 Å². The van der Waals surface area contributed by atoms with Gasteiger partial charge in [-0.25, -0.2) is 9.97 Å². The van der Waals surface area contributed by atoms with E-state index in [9.17, 15) is 4.79 Å². The Labute approximate surface area is 157 Å². The number of para-hydroxylation sites is 1. The van der Waals surface area contributed by atoms with Crippen LogP contribution in [0.4, 0.5) is 11.6 Å². The molecule has 2 N–H and O–H groups in total. The first-order chi connectivity index (χ1) is 12.1. The van der Waals surface area contributed by atoms with E-state index in [4.69, 9.17) is 23.2 Å². The average molecular weight is 379 g/mol. The van der Waals surface area contributed by atoms with E-state index < -0.39 is 0 Å². The molecule has 25 heavy (non-hydrogen) atoms. The molecule has 1 heterocycles. The van der Waals surface area contributed by atoms with E-state index in [2.05, 4.69) is 20.6 Å². The number of aromatic nitrogens is 2. The van der Waals surface area contributed by atoms with Crippen LogP contribution in [0.5, 0.6) is 0 Å². The molecule has 2 aromatic rings. The number of halogens is 2. The van der Waals surface area contributed by atoms with Crippen molar-refractivity contribution in [1.82, 2.24) is 9.97 Å². The largest absolute Gasteiger partial charge is 0.351 e. The topological polar surface area (TPSA) is 66.9 Å². The lowest BCUT2D eigenvalue weighted by Crippen LogP contribution is -2.20. The predicted octanol–water partition coefficient (Wildman–Crippen LogP) is 5.17. The standard InChI is InChI=1S/C18H20Cl2N4O/c19-14-8-5-9-15(20)16(14)24-17(25)12-10-21-18(22-11-12)23-13-6-3-1-2-4-7-13/h5,8-11,13H,1-4,6-7H2,(H,24,25)(H,21,22,23). The van der Waals surface area contributed by atoms with Crippen LogP contribution in [0, 0.1) is 0 Å². The molecule has 0 saturated heterocycles. The third-order valence-electron chi connectivity index (χ3n) is 4.30. The SMILES string of the molecule is O=C(Nc1c(Cl)cccc1Cl)c1cnc(NC2CCCCCC2)nc1. The summed E-state index contributed by atoms with van der Waals surface area (Å²) in [6, 6.07) is 5.46. The first-order valence-electron chi connectivity index (χ1n) is 8.47. The molecule has 1 fully saturated rings. The van der Waals surface area contributed by atoms with Gasteiger partial charge in [-0.15, -0.1) is 0 Å². The number of amides is 1. The number of benzene rings is 1.